The van der Waals surface area contributed by atoms with Crippen LogP contribution in [0.3, 0.4) is 0 Å². The van der Waals surface area contributed by atoms with Gasteiger partial charge in [0.05, 0.1) is 17.9 Å². The molecule has 1 atom stereocenters. The molecule has 2 aromatic heterocycles. The van der Waals surface area contributed by atoms with Gasteiger partial charge in [0.2, 0.25) is 0 Å². The Labute approximate surface area is 235 Å². The summed E-state index contributed by atoms with van der Waals surface area (Å²) < 4.78 is 8.66. The second kappa shape index (κ2) is 9.96. The normalized spacial score (nSPS) is 17.0. The molecule has 1 saturated carbocycles. The first-order valence-electron chi connectivity index (χ1n) is 14.0. The maximum atomic E-state index is 6.71. The first kappa shape index (κ1) is 25.8. The fourth-order valence-corrected chi connectivity index (χ4v) is 6.71. The molecule has 0 saturated heterocycles. The van der Waals surface area contributed by atoms with E-state index in [-0.39, 0.29) is 0 Å². The number of aryl methyl sites for hydroxylation is 1. The van der Waals surface area contributed by atoms with E-state index in [1.165, 1.54) is 59.8 Å². The topological polar surface area (TPSA) is 80.9 Å². The predicted octanol–water partition coefficient (Wildman–Crippen LogP) is 6.91. The van der Waals surface area contributed by atoms with Crippen molar-refractivity contribution in [3.8, 4) is 17.0 Å². The van der Waals surface area contributed by atoms with Crippen molar-refractivity contribution >= 4 is 33.7 Å². The van der Waals surface area contributed by atoms with Gasteiger partial charge in [0, 0.05) is 27.7 Å². The van der Waals surface area contributed by atoms with E-state index < -0.39 is 5.66 Å². The summed E-state index contributed by atoms with van der Waals surface area (Å²) in [5.74, 6) is 2.15. The van der Waals surface area contributed by atoms with Gasteiger partial charge in [0.25, 0.3) is 0 Å². The van der Waals surface area contributed by atoms with E-state index in [2.05, 4.69) is 63.9 Å². The van der Waals surface area contributed by atoms with Gasteiger partial charge in [-0.05, 0) is 68.9 Å². The summed E-state index contributed by atoms with van der Waals surface area (Å²) in [6.07, 6.45) is 6.37. The standard InChI is InChI=1S/C32H37N5OS/c1-19(2)28-20(3)34-31(35-28)32(4,33)36-30(39)22-14-15-23-25(18-22)37-16-17-38-26-13-9-8-12-24(26)29(37)27(23)21-10-6-5-7-11-21/h8-9,12-15,18,21H,1,5-7,10-11,16-17,33H2,2-4H3,(H,34,35)(H,36,39). The Hall–Kier alpha value is -3.42. The minimum Gasteiger partial charge on any atom is -0.491 e. The van der Waals surface area contributed by atoms with Gasteiger partial charge in [0.15, 0.2) is 0 Å². The van der Waals surface area contributed by atoms with Crippen molar-refractivity contribution in [3.63, 3.8) is 0 Å². The molecule has 1 aliphatic heterocycles. The third-order valence-corrected chi connectivity index (χ3v) is 8.59. The fraction of sp³-hybridized carbons (Fsp3) is 0.375. The molecular formula is C32H37N5OS. The van der Waals surface area contributed by atoms with E-state index in [0.29, 0.717) is 23.3 Å². The molecular weight excluding hydrogens is 502 g/mol. The number of imidazole rings is 1. The van der Waals surface area contributed by atoms with Crippen LogP contribution in [-0.4, -0.2) is 26.1 Å². The van der Waals surface area contributed by atoms with Crippen LogP contribution in [0.2, 0.25) is 0 Å². The molecule has 6 nitrogen and oxygen atoms in total. The Balaban J connectivity index is 1.42. The summed E-state index contributed by atoms with van der Waals surface area (Å²) in [6.45, 7) is 11.3. The number of rotatable bonds is 5. The van der Waals surface area contributed by atoms with Crippen molar-refractivity contribution in [1.29, 1.82) is 0 Å². The Morgan fingerprint density at radius 3 is 2.72 bits per heavy atom. The minimum atomic E-state index is -0.972. The molecule has 0 amide bonds. The van der Waals surface area contributed by atoms with Crippen LogP contribution >= 0.6 is 12.2 Å². The second-order valence-electron chi connectivity index (χ2n) is 11.3. The lowest BCUT2D eigenvalue weighted by Gasteiger charge is -2.25. The number of fused-ring (bicyclic) bond motifs is 5. The fourth-order valence-electron chi connectivity index (χ4n) is 6.37. The molecule has 0 bridgehead atoms. The van der Waals surface area contributed by atoms with E-state index >= 15 is 0 Å². The quantitative estimate of drug-likeness (QED) is 0.190. The number of para-hydroxylation sites is 1. The summed E-state index contributed by atoms with van der Waals surface area (Å²) in [5.41, 5.74) is 14.5. The number of hydrogen-bond donors (Lipinski definition) is 3. The van der Waals surface area contributed by atoms with Crippen molar-refractivity contribution in [1.82, 2.24) is 19.9 Å². The number of thiocarbonyl (C=S) groups is 1. The highest BCUT2D eigenvalue weighted by Gasteiger charge is 2.31. The lowest BCUT2D eigenvalue weighted by molar-refractivity contribution is 0.308. The van der Waals surface area contributed by atoms with E-state index in [1.54, 1.807) is 0 Å². The van der Waals surface area contributed by atoms with Gasteiger partial charge in [-0.25, -0.2) is 4.98 Å². The van der Waals surface area contributed by atoms with Gasteiger partial charge in [-0.3, -0.25) is 0 Å². The third kappa shape index (κ3) is 4.57. The first-order valence-corrected chi connectivity index (χ1v) is 14.4. The Kier molecular flexibility index (Phi) is 6.60. The highest BCUT2D eigenvalue weighted by atomic mass is 32.1. The molecule has 0 spiro atoms. The van der Waals surface area contributed by atoms with Crippen LogP contribution in [0, 0.1) is 6.92 Å². The molecule has 39 heavy (non-hydrogen) atoms. The first-order chi connectivity index (χ1) is 18.7. The number of aromatic amines is 1. The number of nitrogens with one attached hydrogen (secondary N) is 2. The molecule has 4 aromatic rings. The molecule has 2 aromatic carbocycles. The zero-order valence-corrected chi connectivity index (χ0v) is 23.9. The molecule has 2 aliphatic rings. The Bertz CT molecular complexity index is 1590. The number of H-pyrrole nitrogens is 1. The van der Waals surface area contributed by atoms with Gasteiger partial charge in [-0.15, -0.1) is 0 Å². The summed E-state index contributed by atoms with van der Waals surface area (Å²) in [6, 6.07) is 15.1. The number of hydrogen-bond acceptors (Lipinski definition) is 4. The highest BCUT2D eigenvalue weighted by Crippen LogP contribution is 2.47. The van der Waals surface area contributed by atoms with Gasteiger partial charge in [-0.2, -0.15) is 0 Å². The number of benzene rings is 2. The number of ether oxygens (including phenoxy) is 1. The van der Waals surface area contributed by atoms with E-state index in [9.17, 15) is 0 Å². The van der Waals surface area contributed by atoms with E-state index in [0.717, 1.165) is 34.8 Å². The summed E-state index contributed by atoms with van der Waals surface area (Å²) in [7, 11) is 0. The minimum absolute atomic E-state index is 0.552. The van der Waals surface area contributed by atoms with E-state index in [4.69, 9.17) is 27.7 Å². The average molecular weight is 540 g/mol. The number of nitrogens with two attached hydrogens (primary N) is 1. The lowest BCUT2D eigenvalue weighted by atomic mass is 9.81. The Morgan fingerprint density at radius 1 is 1.21 bits per heavy atom. The SMILES string of the molecule is C=C(C)c1nc(C(C)(N)NC(=S)c2ccc3c(C4CCCCC4)c4n(c3c2)CCOc2ccccc2-4)[nH]c1C. The lowest BCUT2D eigenvalue weighted by Crippen LogP contribution is -2.51. The smallest absolute Gasteiger partial charge is 0.147 e. The average Bonchev–Trinajstić information content (AvgIpc) is 3.41. The van der Waals surface area contributed by atoms with Crippen molar-refractivity contribution in [2.75, 3.05) is 6.61 Å². The van der Waals surface area contributed by atoms with Crippen LogP contribution in [0.15, 0.2) is 49.0 Å². The van der Waals surface area contributed by atoms with Crippen molar-refractivity contribution in [2.45, 2.75) is 71.0 Å². The summed E-state index contributed by atoms with van der Waals surface area (Å²) in [4.78, 5) is 8.61. The van der Waals surface area contributed by atoms with Crippen LogP contribution in [0.5, 0.6) is 5.75 Å². The van der Waals surface area contributed by atoms with Crippen LogP contribution in [0.1, 0.15) is 80.2 Å². The Morgan fingerprint density at radius 2 is 1.97 bits per heavy atom. The zero-order valence-electron chi connectivity index (χ0n) is 23.1. The predicted molar refractivity (Wildman–Crippen MR) is 163 cm³/mol. The maximum Gasteiger partial charge on any atom is 0.147 e. The van der Waals surface area contributed by atoms with E-state index in [1.807, 2.05) is 20.8 Å². The molecule has 1 fully saturated rings. The molecule has 1 unspecified atom stereocenters. The summed E-state index contributed by atoms with van der Waals surface area (Å²) in [5, 5.41) is 4.69. The van der Waals surface area contributed by atoms with Gasteiger partial charge >= 0.3 is 0 Å². The highest BCUT2D eigenvalue weighted by molar-refractivity contribution is 7.80. The molecule has 7 heteroatoms. The van der Waals surface area contributed by atoms with Crippen molar-refractivity contribution < 1.29 is 4.74 Å². The molecule has 1 aliphatic carbocycles. The van der Waals surface area contributed by atoms with Gasteiger partial charge in [-0.1, -0.05) is 62.3 Å². The molecule has 3 heterocycles. The van der Waals surface area contributed by atoms with Crippen LogP contribution in [-0.2, 0) is 12.2 Å². The largest absolute Gasteiger partial charge is 0.491 e. The zero-order chi connectivity index (χ0) is 27.3. The van der Waals surface area contributed by atoms with Crippen molar-refractivity contribution in [3.05, 3.63) is 77.4 Å². The third-order valence-electron chi connectivity index (χ3n) is 8.25. The van der Waals surface area contributed by atoms with Crippen LogP contribution < -0.4 is 15.8 Å². The van der Waals surface area contributed by atoms with Crippen LogP contribution in [0.4, 0.5) is 0 Å². The molecule has 0 radical (unpaired) electrons. The number of nitrogens with zero attached hydrogens (tertiary/aromatic N) is 2. The molecule has 4 N–H and O–H groups in total. The van der Waals surface area contributed by atoms with Crippen LogP contribution in [0.25, 0.3) is 27.7 Å². The molecule has 6 rings (SSSR count). The van der Waals surface area contributed by atoms with Gasteiger partial charge in [0.1, 0.15) is 28.8 Å². The number of allylic oxidation sites excluding steroid dienone is 1. The number of aromatic nitrogens is 3. The maximum absolute atomic E-state index is 6.71. The molecule has 202 valence electrons. The summed E-state index contributed by atoms with van der Waals surface area (Å²) >= 11 is 5.91. The second-order valence-corrected chi connectivity index (χ2v) is 11.7. The van der Waals surface area contributed by atoms with Crippen molar-refractivity contribution in [2.24, 2.45) is 5.73 Å². The van der Waals surface area contributed by atoms with Gasteiger partial charge < -0.3 is 25.3 Å². The monoisotopic (exact) mass is 539 g/mol.